The summed E-state index contributed by atoms with van der Waals surface area (Å²) in [5.74, 6) is -0.329. The van der Waals surface area contributed by atoms with Crippen LogP contribution in [0.15, 0.2) is 42.7 Å². The van der Waals surface area contributed by atoms with Crippen molar-refractivity contribution in [1.82, 2.24) is 14.3 Å². The molecule has 0 aliphatic carbocycles. The molecular weight excluding hydrogens is 434 g/mol. The van der Waals surface area contributed by atoms with Crippen LogP contribution in [0.25, 0.3) is 11.1 Å². The molecule has 0 atom stereocenters. The summed E-state index contributed by atoms with van der Waals surface area (Å²) in [7, 11) is -2.80. The minimum Gasteiger partial charge on any atom is -0.419 e. The van der Waals surface area contributed by atoms with Gasteiger partial charge in [0.05, 0.1) is 6.20 Å². The molecule has 29 heavy (non-hydrogen) atoms. The maximum Gasteiger partial charge on any atom is 0.534 e. The van der Waals surface area contributed by atoms with Gasteiger partial charge < -0.3 is 8.71 Å². The SMILES string of the molecule is CN(C)P(=O)(Oc1cnccc1-c1ccc(OS(=O)(=O)C(F)(F)F)cc1)N(C)C. The minimum atomic E-state index is -5.76. The molecule has 1 aromatic heterocycles. The molecule has 0 bridgehead atoms. The zero-order valence-electron chi connectivity index (χ0n) is 15.9. The molecule has 1 heterocycles. The fourth-order valence-corrected chi connectivity index (χ4v) is 4.11. The first-order chi connectivity index (χ1) is 13.3. The molecule has 8 nitrogen and oxygen atoms in total. The van der Waals surface area contributed by atoms with E-state index in [-0.39, 0.29) is 5.75 Å². The highest BCUT2D eigenvalue weighted by Gasteiger charge is 2.48. The van der Waals surface area contributed by atoms with E-state index >= 15 is 0 Å². The largest absolute Gasteiger partial charge is 0.534 e. The molecule has 0 aliphatic heterocycles. The molecule has 0 saturated carbocycles. The average molecular weight is 453 g/mol. The molecule has 0 N–H and O–H groups in total. The molecule has 0 unspecified atom stereocenters. The number of nitrogens with zero attached hydrogens (tertiary/aromatic N) is 3. The predicted molar refractivity (Wildman–Crippen MR) is 101 cm³/mol. The Morgan fingerprint density at radius 1 is 1.00 bits per heavy atom. The van der Waals surface area contributed by atoms with Gasteiger partial charge in [0.15, 0.2) is 5.75 Å². The van der Waals surface area contributed by atoms with E-state index in [2.05, 4.69) is 9.17 Å². The fraction of sp³-hybridized carbons (Fsp3) is 0.312. The first-order valence-corrected chi connectivity index (χ1v) is 10.9. The lowest BCUT2D eigenvalue weighted by Crippen LogP contribution is -2.28. The van der Waals surface area contributed by atoms with Crippen LogP contribution in [-0.2, 0) is 14.7 Å². The first kappa shape index (κ1) is 23.1. The van der Waals surface area contributed by atoms with Crippen LogP contribution >= 0.6 is 7.67 Å². The van der Waals surface area contributed by atoms with Crippen molar-refractivity contribution in [2.75, 3.05) is 28.2 Å². The van der Waals surface area contributed by atoms with Crippen LogP contribution in [0.5, 0.6) is 11.5 Å². The molecule has 0 spiro atoms. The second-order valence-electron chi connectivity index (χ2n) is 6.16. The Morgan fingerprint density at radius 2 is 1.55 bits per heavy atom. The van der Waals surface area contributed by atoms with E-state index in [0.29, 0.717) is 11.1 Å². The lowest BCUT2D eigenvalue weighted by molar-refractivity contribution is -0.0500. The molecule has 0 aliphatic rings. The number of benzene rings is 1. The van der Waals surface area contributed by atoms with E-state index in [0.717, 1.165) is 12.1 Å². The van der Waals surface area contributed by atoms with Crippen molar-refractivity contribution in [2.45, 2.75) is 5.51 Å². The van der Waals surface area contributed by atoms with E-state index in [1.807, 2.05) is 0 Å². The van der Waals surface area contributed by atoms with E-state index in [4.69, 9.17) is 4.52 Å². The highest BCUT2D eigenvalue weighted by Crippen LogP contribution is 2.52. The van der Waals surface area contributed by atoms with Crippen LogP contribution in [0.2, 0.25) is 0 Å². The first-order valence-electron chi connectivity index (χ1n) is 7.98. The summed E-state index contributed by atoms with van der Waals surface area (Å²) in [6.45, 7) is 0. The van der Waals surface area contributed by atoms with Crippen LogP contribution < -0.4 is 8.71 Å². The van der Waals surface area contributed by atoms with Crippen LogP contribution in [-0.4, -0.2) is 56.4 Å². The summed E-state index contributed by atoms with van der Waals surface area (Å²) in [5, 5.41) is 0. The Labute approximate surface area is 166 Å². The number of pyridine rings is 1. The van der Waals surface area contributed by atoms with Gasteiger partial charge in [-0.15, -0.1) is 0 Å². The van der Waals surface area contributed by atoms with Gasteiger partial charge >= 0.3 is 23.3 Å². The van der Waals surface area contributed by atoms with E-state index < -0.39 is 29.0 Å². The Kier molecular flexibility index (Phi) is 6.63. The summed E-state index contributed by atoms with van der Waals surface area (Å²) in [6.07, 6.45) is 2.81. The lowest BCUT2D eigenvalue weighted by atomic mass is 10.1. The van der Waals surface area contributed by atoms with Gasteiger partial charge in [0, 0.05) is 11.8 Å². The highest BCUT2D eigenvalue weighted by atomic mass is 32.2. The van der Waals surface area contributed by atoms with Crippen LogP contribution in [0.3, 0.4) is 0 Å². The molecular formula is C16H19F3N3O5PS. The van der Waals surface area contributed by atoms with Gasteiger partial charge in [-0.2, -0.15) is 21.6 Å². The standard InChI is InChI=1S/C16H19F3N3O5PS/c1-21(2)28(23,22(3)4)26-15-11-20-10-9-14(15)12-5-7-13(8-6-12)27-29(24,25)16(17,18)19/h5-11H,1-4H3. The van der Waals surface area contributed by atoms with Crippen molar-refractivity contribution < 1.29 is 34.9 Å². The normalized spacial score (nSPS) is 13.0. The van der Waals surface area contributed by atoms with Gasteiger partial charge in [-0.3, -0.25) is 4.98 Å². The second kappa shape index (κ2) is 8.31. The Morgan fingerprint density at radius 3 is 2.03 bits per heavy atom. The van der Waals surface area contributed by atoms with Gasteiger partial charge in [-0.25, -0.2) is 13.9 Å². The average Bonchev–Trinajstić information content (AvgIpc) is 2.61. The van der Waals surface area contributed by atoms with Gasteiger partial charge in [0.1, 0.15) is 5.75 Å². The maximum absolute atomic E-state index is 13.1. The van der Waals surface area contributed by atoms with Gasteiger partial charge in [-0.05, 0) is 52.0 Å². The monoisotopic (exact) mass is 453 g/mol. The van der Waals surface area contributed by atoms with Gasteiger partial charge in [-0.1, -0.05) is 12.1 Å². The van der Waals surface area contributed by atoms with Crippen LogP contribution in [0.1, 0.15) is 0 Å². The Hall–Kier alpha value is -2.14. The predicted octanol–water partition coefficient (Wildman–Crippen LogP) is 3.59. The quantitative estimate of drug-likeness (QED) is 0.357. The molecule has 13 heteroatoms. The topological polar surface area (TPSA) is 89.0 Å². The van der Waals surface area contributed by atoms with Crippen LogP contribution in [0.4, 0.5) is 13.2 Å². The number of aromatic nitrogens is 1. The van der Waals surface area contributed by atoms with E-state index in [9.17, 15) is 26.2 Å². The highest BCUT2D eigenvalue weighted by molar-refractivity contribution is 7.88. The number of hydrogen-bond acceptors (Lipinski definition) is 6. The van der Waals surface area contributed by atoms with Crippen LogP contribution in [0, 0.1) is 0 Å². The van der Waals surface area contributed by atoms with Crippen molar-refractivity contribution in [2.24, 2.45) is 0 Å². The zero-order chi connectivity index (χ0) is 22.0. The van der Waals surface area contributed by atoms with Crippen molar-refractivity contribution in [3.05, 3.63) is 42.7 Å². The molecule has 160 valence electrons. The molecule has 0 fully saturated rings. The van der Waals surface area contributed by atoms with E-state index in [1.54, 1.807) is 34.3 Å². The summed E-state index contributed by atoms with van der Waals surface area (Å²) in [6, 6.07) is 6.40. The summed E-state index contributed by atoms with van der Waals surface area (Å²) < 4.78 is 85.2. The molecule has 0 saturated heterocycles. The number of alkyl halides is 3. The summed E-state index contributed by atoms with van der Waals surface area (Å²) in [4.78, 5) is 3.95. The van der Waals surface area contributed by atoms with Crippen molar-refractivity contribution in [3.8, 4) is 22.6 Å². The molecule has 2 aromatic rings. The summed E-state index contributed by atoms with van der Waals surface area (Å²) in [5.41, 5.74) is -4.62. The lowest BCUT2D eigenvalue weighted by Gasteiger charge is -2.30. The van der Waals surface area contributed by atoms with Gasteiger partial charge in [0.2, 0.25) is 0 Å². The van der Waals surface area contributed by atoms with Crippen molar-refractivity contribution in [1.29, 1.82) is 0 Å². The second-order valence-corrected chi connectivity index (χ2v) is 10.5. The summed E-state index contributed by atoms with van der Waals surface area (Å²) >= 11 is 0. The van der Waals surface area contributed by atoms with Gasteiger partial charge in [0.25, 0.3) is 0 Å². The smallest absolute Gasteiger partial charge is 0.419 e. The number of halogens is 3. The third-order valence-corrected chi connectivity index (χ3v) is 7.10. The van der Waals surface area contributed by atoms with E-state index in [1.165, 1.54) is 33.9 Å². The molecule has 0 radical (unpaired) electrons. The Balaban J connectivity index is 2.37. The molecule has 2 rings (SSSR count). The van der Waals surface area contributed by atoms with Crippen molar-refractivity contribution >= 4 is 17.8 Å². The van der Waals surface area contributed by atoms with Crippen molar-refractivity contribution in [3.63, 3.8) is 0 Å². The number of hydrogen-bond donors (Lipinski definition) is 0. The third-order valence-electron chi connectivity index (χ3n) is 3.67. The minimum absolute atomic E-state index is 0.176. The maximum atomic E-state index is 13.1. The molecule has 1 aromatic carbocycles. The fourth-order valence-electron chi connectivity index (χ4n) is 2.20. The Bertz CT molecular complexity index is 999. The molecule has 0 amide bonds. The third kappa shape index (κ3) is 5.08. The number of rotatable bonds is 7. The zero-order valence-corrected chi connectivity index (χ0v) is 17.6.